The van der Waals surface area contributed by atoms with Gasteiger partial charge in [0.15, 0.2) is 0 Å². The average Bonchev–Trinajstić information content (AvgIpc) is 2.64. The zero-order chi connectivity index (χ0) is 12.8. The third-order valence-electron chi connectivity index (χ3n) is 3.73. The topological polar surface area (TPSA) is 29.3 Å². The Kier molecular flexibility index (Phi) is 5.54. The summed E-state index contributed by atoms with van der Waals surface area (Å²) in [5.74, 6) is 0. The first kappa shape index (κ1) is 13.9. The number of nitrogens with zero attached hydrogens (tertiary/aromatic N) is 1. The first-order valence-electron chi connectivity index (χ1n) is 6.85. The molecule has 2 nitrogen and oxygen atoms in total. The lowest BCUT2D eigenvalue weighted by Gasteiger charge is -2.20. The third-order valence-corrected chi connectivity index (χ3v) is 4.87. The monoisotopic (exact) mass is 264 g/mol. The highest BCUT2D eigenvalue weighted by Crippen LogP contribution is 2.22. The molecule has 1 unspecified atom stereocenters. The van der Waals surface area contributed by atoms with Gasteiger partial charge in [0.05, 0.1) is 0 Å². The van der Waals surface area contributed by atoms with Crippen LogP contribution in [0.4, 0.5) is 0 Å². The highest BCUT2D eigenvalue weighted by molar-refractivity contribution is 7.99. The van der Waals surface area contributed by atoms with Crippen molar-refractivity contribution in [1.29, 1.82) is 0 Å². The molecule has 0 radical (unpaired) electrons. The molecule has 2 rings (SSSR count). The molecular formula is C15H24N2S. The number of hydrogen-bond donors (Lipinski definition) is 1. The predicted octanol–water partition coefficient (Wildman–Crippen LogP) is 2.86. The Morgan fingerprint density at radius 3 is 2.89 bits per heavy atom. The van der Waals surface area contributed by atoms with Crippen LogP contribution in [0, 0.1) is 0 Å². The minimum Gasteiger partial charge on any atom is -0.326 e. The van der Waals surface area contributed by atoms with Crippen LogP contribution in [0.25, 0.3) is 0 Å². The lowest BCUT2D eigenvalue weighted by atomic mass is 10.1. The van der Waals surface area contributed by atoms with E-state index in [2.05, 4.69) is 35.4 Å². The summed E-state index contributed by atoms with van der Waals surface area (Å²) in [7, 11) is 0. The second-order valence-corrected chi connectivity index (χ2v) is 6.23. The molecule has 1 saturated heterocycles. The van der Waals surface area contributed by atoms with Crippen molar-refractivity contribution in [2.75, 3.05) is 19.3 Å². The summed E-state index contributed by atoms with van der Waals surface area (Å²) >= 11 is 2.03. The van der Waals surface area contributed by atoms with Crippen LogP contribution in [0.3, 0.4) is 0 Å². The lowest BCUT2D eigenvalue weighted by molar-refractivity contribution is 0.277. The van der Waals surface area contributed by atoms with Crippen molar-refractivity contribution in [1.82, 2.24) is 4.90 Å². The van der Waals surface area contributed by atoms with E-state index in [-0.39, 0.29) is 0 Å². The molecule has 1 aliphatic heterocycles. The van der Waals surface area contributed by atoms with Gasteiger partial charge < -0.3 is 5.73 Å². The molecule has 0 amide bonds. The molecule has 1 aromatic carbocycles. The summed E-state index contributed by atoms with van der Waals surface area (Å²) in [4.78, 5) is 2.59. The van der Waals surface area contributed by atoms with E-state index < -0.39 is 0 Å². The van der Waals surface area contributed by atoms with Crippen molar-refractivity contribution >= 4 is 11.8 Å². The normalized spacial score (nSPS) is 21.8. The maximum absolute atomic E-state index is 5.70. The van der Waals surface area contributed by atoms with E-state index in [0.29, 0.717) is 6.54 Å². The van der Waals surface area contributed by atoms with Crippen molar-refractivity contribution in [3.63, 3.8) is 0 Å². The van der Waals surface area contributed by atoms with Gasteiger partial charge in [0.1, 0.15) is 0 Å². The van der Waals surface area contributed by atoms with Crippen molar-refractivity contribution in [3.8, 4) is 0 Å². The van der Waals surface area contributed by atoms with E-state index in [0.717, 1.165) is 11.8 Å². The molecule has 2 N–H and O–H groups in total. The standard InChI is InChI=1S/C15H24N2S/c1-18-15-6-3-8-17(9-7-15)12-14-5-2-4-13(10-14)11-16/h2,4-5,10,15H,3,6-9,11-12,16H2,1H3. The van der Waals surface area contributed by atoms with Crippen LogP contribution in [0.2, 0.25) is 0 Å². The molecule has 100 valence electrons. The Bertz CT molecular complexity index is 367. The highest BCUT2D eigenvalue weighted by atomic mass is 32.2. The average molecular weight is 264 g/mol. The molecule has 1 fully saturated rings. The molecule has 1 atom stereocenters. The second-order valence-electron chi connectivity index (χ2n) is 5.09. The van der Waals surface area contributed by atoms with Crippen molar-refractivity contribution in [2.24, 2.45) is 5.73 Å². The lowest BCUT2D eigenvalue weighted by Crippen LogP contribution is -2.24. The van der Waals surface area contributed by atoms with Gasteiger partial charge in [-0.25, -0.2) is 0 Å². The molecule has 0 aliphatic carbocycles. The number of likely N-dealkylation sites (tertiary alicyclic amines) is 1. The van der Waals surface area contributed by atoms with E-state index in [4.69, 9.17) is 5.73 Å². The Labute approximate surface area is 115 Å². The Morgan fingerprint density at radius 1 is 1.28 bits per heavy atom. The van der Waals surface area contributed by atoms with E-state index in [1.54, 1.807) is 0 Å². The fraction of sp³-hybridized carbons (Fsp3) is 0.600. The van der Waals surface area contributed by atoms with Gasteiger partial charge in [0.25, 0.3) is 0 Å². The highest BCUT2D eigenvalue weighted by Gasteiger charge is 2.16. The summed E-state index contributed by atoms with van der Waals surface area (Å²) < 4.78 is 0. The van der Waals surface area contributed by atoms with E-state index in [9.17, 15) is 0 Å². The minimum absolute atomic E-state index is 0.641. The maximum atomic E-state index is 5.70. The van der Waals surface area contributed by atoms with Gasteiger partial charge in [-0.1, -0.05) is 24.3 Å². The largest absolute Gasteiger partial charge is 0.326 e. The number of hydrogen-bond acceptors (Lipinski definition) is 3. The van der Waals surface area contributed by atoms with Gasteiger partial charge in [-0.2, -0.15) is 11.8 Å². The summed E-state index contributed by atoms with van der Waals surface area (Å²) in [6, 6.07) is 8.70. The number of benzene rings is 1. The summed E-state index contributed by atoms with van der Waals surface area (Å²) in [6.45, 7) is 4.19. The first-order valence-corrected chi connectivity index (χ1v) is 8.13. The molecule has 0 bridgehead atoms. The molecule has 18 heavy (non-hydrogen) atoms. The Balaban J connectivity index is 1.92. The van der Waals surface area contributed by atoms with Crippen molar-refractivity contribution < 1.29 is 0 Å². The number of thioether (sulfide) groups is 1. The summed E-state index contributed by atoms with van der Waals surface area (Å²) in [6.07, 6.45) is 6.28. The minimum atomic E-state index is 0.641. The van der Waals surface area contributed by atoms with Gasteiger partial charge in [0.2, 0.25) is 0 Å². The molecule has 1 aliphatic rings. The van der Waals surface area contributed by atoms with Crippen molar-refractivity contribution in [2.45, 2.75) is 37.6 Å². The first-order chi connectivity index (χ1) is 8.81. The molecular weight excluding hydrogens is 240 g/mol. The summed E-state index contributed by atoms with van der Waals surface area (Å²) in [5, 5.41) is 0.866. The fourth-order valence-electron chi connectivity index (χ4n) is 2.63. The van der Waals surface area contributed by atoms with Gasteiger partial charge in [-0.05, 0) is 49.7 Å². The number of rotatable bonds is 4. The van der Waals surface area contributed by atoms with Crippen LogP contribution in [0.1, 0.15) is 30.4 Å². The summed E-state index contributed by atoms with van der Waals surface area (Å²) in [5.41, 5.74) is 8.34. The maximum Gasteiger partial charge on any atom is 0.0233 e. The SMILES string of the molecule is CSC1CCCN(Cc2cccc(CN)c2)CC1. The Morgan fingerprint density at radius 2 is 2.11 bits per heavy atom. The Hall–Kier alpha value is -0.510. The van der Waals surface area contributed by atoms with E-state index in [1.165, 1.54) is 43.5 Å². The van der Waals surface area contributed by atoms with Gasteiger partial charge >= 0.3 is 0 Å². The fourth-order valence-corrected chi connectivity index (χ4v) is 3.38. The van der Waals surface area contributed by atoms with Gasteiger partial charge in [0, 0.05) is 18.3 Å². The molecule has 0 saturated carbocycles. The van der Waals surface area contributed by atoms with Crippen LogP contribution in [0.15, 0.2) is 24.3 Å². The predicted molar refractivity (Wildman–Crippen MR) is 80.8 cm³/mol. The zero-order valence-electron chi connectivity index (χ0n) is 11.3. The molecule has 0 spiro atoms. The third kappa shape index (κ3) is 4.01. The van der Waals surface area contributed by atoms with Crippen LogP contribution < -0.4 is 5.73 Å². The molecule has 0 aromatic heterocycles. The van der Waals surface area contributed by atoms with Gasteiger partial charge in [-0.3, -0.25) is 4.90 Å². The van der Waals surface area contributed by atoms with Crippen LogP contribution >= 0.6 is 11.8 Å². The molecule has 1 heterocycles. The van der Waals surface area contributed by atoms with E-state index >= 15 is 0 Å². The van der Waals surface area contributed by atoms with Gasteiger partial charge in [-0.15, -0.1) is 0 Å². The van der Waals surface area contributed by atoms with Crippen LogP contribution in [-0.4, -0.2) is 29.5 Å². The quantitative estimate of drug-likeness (QED) is 0.907. The van der Waals surface area contributed by atoms with Crippen molar-refractivity contribution in [3.05, 3.63) is 35.4 Å². The zero-order valence-corrected chi connectivity index (χ0v) is 12.1. The second kappa shape index (κ2) is 7.17. The molecule has 1 aromatic rings. The van der Waals surface area contributed by atoms with Crippen LogP contribution in [-0.2, 0) is 13.1 Å². The molecule has 3 heteroatoms. The smallest absolute Gasteiger partial charge is 0.0233 e. The van der Waals surface area contributed by atoms with Crippen LogP contribution in [0.5, 0.6) is 0 Å². The number of nitrogens with two attached hydrogens (primary N) is 1. The van der Waals surface area contributed by atoms with E-state index in [1.807, 2.05) is 11.8 Å².